The number of hydrogen-bond acceptors (Lipinski definition) is 3. The Kier molecular flexibility index (Phi) is 5.35. The fourth-order valence-corrected chi connectivity index (χ4v) is 1.64. The summed E-state index contributed by atoms with van der Waals surface area (Å²) in [4.78, 5) is 11.5. The standard InChI is InChI=1S/C13H16F3NO2/c1-7(2)12(13(18)19-3)17-6-8-4-10(15)11(16)5-9(8)14/h4-5,7,12,17H,6H2,1-3H3/t12-/m0/s1. The largest absolute Gasteiger partial charge is 0.468 e. The van der Waals surface area contributed by atoms with Gasteiger partial charge in [0.15, 0.2) is 11.6 Å². The van der Waals surface area contributed by atoms with Crippen LogP contribution in [0, 0.1) is 23.4 Å². The third-order valence-corrected chi connectivity index (χ3v) is 2.72. The maximum absolute atomic E-state index is 13.4. The van der Waals surface area contributed by atoms with Crippen molar-refractivity contribution in [3.8, 4) is 0 Å². The third-order valence-electron chi connectivity index (χ3n) is 2.72. The van der Waals surface area contributed by atoms with E-state index in [1.807, 2.05) is 0 Å². The van der Waals surface area contributed by atoms with Crippen LogP contribution in [0.15, 0.2) is 12.1 Å². The first-order valence-electron chi connectivity index (χ1n) is 5.81. The molecule has 0 unspecified atom stereocenters. The van der Waals surface area contributed by atoms with Crippen LogP contribution in [-0.4, -0.2) is 19.1 Å². The molecule has 1 atom stereocenters. The molecule has 0 heterocycles. The minimum atomic E-state index is -1.24. The summed E-state index contributed by atoms with van der Waals surface area (Å²) in [6.07, 6.45) is 0. The molecule has 3 nitrogen and oxygen atoms in total. The molecule has 0 saturated carbocycles. The summed E-state index contributed by atoms with van der Waals surface area (Å²) in [6, 6.07) is 0.610. The maximum Gasteiger partial charge on any atom is 0.323 e. The number of esters is 1. The number of carbonyl (C=O) groups is 1. The number of carbonyl (C=O) groups excluding carboxylic acids is 1. The van der Waals surface area contributed by atoms with Gasteiger partial charge in [-0.15, -0.1) is 0 Å². The minimum Gasteiger partial charge on any atom is -0.468 e. The zero-order valence-electron chi connectivity index (χ0n) is 11.0. The quantitative estimate of drug-likeness (QED) is 0.662. The van der Waals surface area contributed by atoms with Crippen molar-refractivity contribution in [2.75, 3.05) is 7.11 Å². The minimum absolute atomic E-state index is 0.0477. The molecule has 0 saturated heterocycles. The molecule has 0 spiro atoms. The van der Waals surface area contributed by atoms with Crippen molar-refractivity contribution < 1.29 is 22.7 Å². The Labute approximate surface area is 109 Å². The molecule has 0 aliphatic carbocycles. The summed E-state index contributed by atoms with van der Waals surface area (Å²) >= 11 is 0. The molecule has 0 aliphatic rings. The van der Waals surface area contributed by atoms with Crippen molar-refractivity contribution in [2.45, 2.75) is 26.4 Å². The van der Waals surface area contributed by atoms with Crippen molar-refractivity contribution in [3.05, 3.63) is 35.1 Å². The number of rotatable bonds is 5. The molecule has 0 fully saturated rings. The molecular formula is C13H16F3NO2. The van der Waals surface area contributed by atoms with Crippen LogP contribution in [0.3, 0.4) is 0 Å². The first kappa shape index (κ1) is 15.5. The van der Waals surface area contributed by atoms with Gasteiger partial charge in [0.2, 0.25) is 0 Å². The van der Waals surface area contributed by atoms with E-state index in [0.717, 1.165) is 6.07 Å². The molecule has 1 N–H and O–H groups in total. The van der Waals surface area contributed by atoms with Crippen LogP contribution in [0.5, 0.6) is 0 Å². The van der Waals surface area contributed by atoms with Gasteiger partial charge in [-0.25, -0.2) is 13.2 Å². The number of hydrogen-bond donors (Lipinski definition) is 1. The summed E-state index contributed by atoms with van der Waals surface area (Å²) in [7, 11) is 1.25. The highest BCUT2D eigenvalue weighted by Gasteiger charge is 2.22. The highest BCUT2D eigenvalue weighted by Crippen LogP contribution is 2.14. The number of nitrogens with one attached hydrogen (secondary N) is 1. The number of ether oxygens (including phenoxy) is 1. The zero-order valence-corrected chi connectivity index (χ0v) is 11.0. The molecule has 106 valence electrons. The predicted octanol–water partition coefficient (Wildman–Crippen LogP) is 2.39. The molecule has 0 radical (unpaired) electrons. The second kappa shape index (κ2) is 6.56. The molecule has 1 rings (SSSR count). The van der Waals surface area contributed by atoms with Crippen molar-refractivity contribution in [3.63, 3.8) is 0 Å². The zero-order chi connectivity index (χ0) is 14.6. The van der Waals surface area contributed by atoms with E-state index in [1.54, 1.807) is 13.8 Å². The summed E-state index contributed by atoms with van der Waals surface area (Å²) < 4.78 is 43.8. The Bertz CT molecular complexity index is 463. The SMILES string of the molecule is COC(=O)[C@@H](NCc1cc(F)c(F)cc1F)C(C)C. The Morgan fingerprint density at radius 3 is 2.32 bits per heavy atom. The smallest absolute Gasteiger partial charge is 0.323 e. The van der Waals surface area contributed by atoms with Gasteiger partial charge in [-0.05, 0) is 12.0 Å². The Morgan fingerprint density at radius 2 is 1.79 bits per heavy atom. The Morgan fingerprint density at radius 1 is 1.21 bits per heavy atom. The lowest BCUT2D eigenvalue weighted by Crippen LogP contribution is -2.41. The lowest BCUT2D eigenvalue weighted by molar-refractivity contribution is -0.144. The Hall–Kier alpha value is -1.56. The van der Waals surface area contributed by atoms with Crippen LogP contribution in [0.25, 0.3) is 0 Å². The molecule has 0 aromatic heterocycles. The van der Waals surface area contributed by atoms with Crippen LogP contribution in [0.2, 0.25) is 0 Å². The summed E-state index contributed by atoms with van der Waals surface area (Å²) in [5.41, 5.74) is -0.0477. The van der Waals surface area contributed by atoms with Crippen molar-refractivity contribution in [1.82, 2.24) is 5.32 Å². The highest BCUT2D eigenvalue weighted by atomic mass is 19.2. The highest BCUT2D eigenvalue weighted by molar-refractivity contribution is 5.75. The van der Waals surface area contributed by atoms with Gasteiger partial charge in [0.1, 0.15) is 11.9 Å². The summed E-state index contributed by atoms with van der Waals surface area (Å²) in [5.74, 6) is -3.80. The van der Waals surface area contributed by atoms with E-state index in [9.17, 15) is 18.0 Å². The molecule has 6 heteroatoms. The number of halogens is 3. The fourth-order valence-electron chi connectivity index (χ4n) is 1.64. The lowest BCUT2D eigenvalue weighted by atomic mass is 10.0. The van der Waals surface area contributed by atoms with Crippen molar-refractivity contribution in [2.24, 2.45) is 5.92 Å². The van der Waals surface area contributed by atoms with Crippen molar-refractivity contribution >= 4 is 5.97 Å². The van der Waals surface area contributed by atoms with Crippen LogP contribution >= 0.6 is 0 Å². The lowest BCUT2D eigenvalue weighted by Gasteiger charge is -2.20. The summed E-state index contributed by atoms with van der Waals surface area (Å²) in [5, 5.41) is 2.77. The van der Waals surface area contributed by atoms with E-state index in [-0.39, 0.29) is 18.0 Å². The van der Waals surface area contributed by atoms with Gasteiger partial charge < -0.3 is 4.74 Å². The van der Waals surface area contributed by atoms with E-state index in [2.05, 4.69) is 10.1 Å². The topological polar surface area (TPSA) is 38.3 Å². The van der Waals surface area contributed by atoms with E-state index in [0.29, 0.717) is 6.07 Å². The molecule has 0 amide bonds. The number of benzene rings is 1. The molecular weight excluding hydrogens is 259 g/mol. The predicted molar refractivity (Wildman–Crippen MR) is 63.8 cm³/mol. The van der Waals surface area contributed by atoms with Gasteiger partial charge >= 0.3 is 5.97 Å². The van der Waals surface area contributed by atoms with Gasteiger partial charge in [-0.2, -0.15) is 0 Å². The van der Waals surface area contributed by atoms with E-state index >= 15 is 0 Å². The van der Waals surface area contributed by atoms with Gasteiger partial charge in [0, 0.05) is 18.2 Å². The third kappa shape index (κ3) is 3.96. The normalized spacial score (nSPS) is 12.6. The molecule has 1 aromatic carbocycles. The first-order valence-corrected chi connectivity index (χ1v) is 5.81. The van der Waals surface area contributed by atoms with Crippen LogP contribution < -0.4 is 5.32 Å². The maximum atomic E-state index is 13.4. The van der Waals surface area contributed by atoms with E-state index in [4.69, 9.17) is 0 Å². The average molecular weight is 275 g/mol. The van der Waals surface area contributed by atoms with Gasteiger partial charge in [-0.3, -0.25) is 10.1 Å². The van der Waals surface area contributed by atoms with Gasteiger partial charge in [0.05, 0.1) is 7.11 Å². The molecule has 0 bridgehead atoms. The van der Waals surface area contributed by atoms with Gasteiger partial charge in [0.25, 0.3) is 0 Å². The molecule has 1 aromatic rings. The van der Waals surface area contributed by atoms with Crippen LogP contribution in [-0.2, 0) is 16.1 Å². The van der Waals surface area contributed by atoms with E-state index < -0.39 is 29.5 Å². The monoisotopic (exact) mass is 275 g/mol. The van der Waals surface area contributed by atoms with Crippen LogP contribution in [0.4, 0.5) is 13.2 Å². The number of methoxy groups -OCH3 is 1. The van der Waals surface area contributed by atoms with E-state index in [1.165, 1.54) is 7.11 Å². The average Bonchev–Trinajstić information content (AvgIpc) is 2.34. The van der Waals surface area contributed by atoms with Crippen molar-refractivity contribution in [1.29, 1.82) is 0 Å². The fraction of sp³-hybridized carbons (Fsp3) is 0.462. The first-order chi connectivity index (χ1) is 8.86. The molecule has 0 aliphatic heterocycles. The summed E-state index contributed by atoms with van der Waals surface area (Å²) in [6.45, 7) is 3.48. The second-order valence-corrected chi connectivity index (χ2v) is 4.48. The molecule has 19 heavy (non-hydrogen) atoms. The van der Waals surface area contributed by atoms with Gasteiger partial charge in [-0.1, -0.05) is 13.8 Å². The second-order valence-electron chi connectivity index (χ2n) is 4.48. The van der Waals surface area contributed by atoms with Crippen LogP contribution in [0.1, 0.15) is 19.4 Å². The Balaban J connectivity index is 2.80.